The maximum absolute atomic E-state index is 4.45. The molecule has 0 aromatic carbocycles. The third kappa shape index (κ3) is 3.79. The van der Waals surface area contributed by atoms with E-state index in [9.17, 15) is 0 Å². The molecule has 0 atom stereocenters. The zero-order valence-corrected chi connectivity index (χ0v) is 13.3. The zero-order chi connectivity index (χ0) is 13.7. The number of nitrogens with zero attached hydrogens (tertiary/aromatic N) is 4. The molecule has 1 aromatic heterocycles. The van der Waals surface area contributed by atoms with E-state index in [1.165, 1.54) is 6.42 Å². The van der Waals surface area contributed by atoms with Gasteiger partial charge in [0.2, 0.25) is 0 Å². The van der Waals surface area contributed by atoms with Crippen LogP contribution in [0.3, 0.4) is 0 Å². The van der Waals surface area contributed by atoms with Crippen LogP contribution in [0.4, 0.5) is 11.6 Å². The molecule has 6 heteroatoms. The summed E-state index contributed by atoms with van der Waals surface area (Å²) in [4.78, 5) is 13.5. The Balaban J connectivity index is 2.14. The molecule has 0 saturated carbocycles. The lowest BCUT2D eigenvalue weighted by Crippen LogP contribution is -2.29. The molecule has 5 nitrogen and oxygen atoms in total. The van der Waals surface area contributed by atoms with E-state index in [1.807, 2.05) is 0 Å². The van der Waals surface area contributed by atoms with E-state index in [4.69, 9.17) is 0 Å². The van der Waals surface area contributed by atoms with Gasteiger partial charge in [-0.05, 0) is 42.4 Å². The molecule has 0 amide bonds. The summed E-state index contributed by atoms with van der Waals surface area (Å²) < 4.78 is 0.980. The molecule has 1 saturated heterocycles. The molecule has 106 valence electrons. The second kappa shape index (κ2) is 7.05. The first-order valence-corrected chi connectivity index (χ1v) is 7.69. The maximum Gasteiger partial charge on any atom is 0.148 e. The van der Waals surface area contributed by atoms with Crippen LogP contribution in [-0.2, 0) is 0 Å². The second-order valence-electron chi connectivity index (χ2n) is 4.93. The Labute approximate surface area is 123 Å². The van der Waals surface area contributed by atoms with Crippen LogP contribution >= 0.6 is 15.9 Å². The quantitative estimate of drug-likeness (QED) is 0.918. The largest absolute Gasteiger partial charge is 0.369 e. The van der Waals surface area contributed by atoms with E-state index in [0.29, 0.717) is 0 Å². The highest BCUT2D eigenvalue weighted by molar-refractivity contribution is 9.10. The topological polar surface area (TPSA) is 44.3 Å². The minimum absolute atomic E-state index is 0.893. The smallest absolute Gasteiger partial charge is 0.148 e. The molecule has 19 heavy (non-hydrogen) atoms. The van der Waals surface area contributed by atoms with Gasteiger partial charge in [-0.15, -0.1) is 0 Å². The van der Waals surface area contributed by atoms with E-state index < -0.39 is 0 Å². The first kappa shape index (κ1) is 14.5. The molecular formula is C13H22BrN5. The van der Waals surface area contributed by atoms with Gasteiger partial charge in [0, 0.05) is 26.2 Å². The predicted molar refractivity (Wildman–Crippen MR) is 82.8 cm³/mol. The number of hydrogen-bond acceptors (Lipinski definition) is 5. The van der Waals surface area contributed by atoms with Gasteiger partial charge in [-0.25, -0.2) is 9.97 Å². The number of nitrogens with one attached hydrogen (secondary N) is 1. The van der Waals surface area contributed by atoms with Crippen molar-refractivity contribution in [3.63, 3.8) is 0 Å². The van der Waals surface area contributed by atoms with Crippen molar-refractivity contribution in [2.75, 3.05) is 50.0 Å². The second-order valence-corrected chi connectivity index (χ2v) is 5.72. The molecule has 1 fully saturated rings. The van der Waals surface area contributed by atoms with Crippen molar-refractivity contribution in [1.82, 2.24) is 14.9 Å². The summed E-state index contributed by atoms with van der Waals surface area (Å²) in [6, 6.07) is 0. The number of rotatable bonds is 4. The molecule has 0 radical (unpaired) electrons. The van der Waals surface area contributed by atoms with Crippen molar-refractivity contribution < 1.29 is 0 Å². The summed E-state index contributed by atoms with van der Waals surface area (Å²) in [5.74, 6) is 1.90. The highest BCUT2D eigenvalue weighted by atomic mass is 79.9. The summed E-state index contributed by atoms with van der Waals surface area (Å²) in [5.41, 5.74) is 0. The van der Waals surface area contributed by atoms with Gasteiger partial charge in [-0.3, -0.25) is 0 Å². The Morgan fingerprint density at radius 3 is 2.89 bits per heavy atom. The van der Waals surface area contributed by atoms with Crippen molar-refractivity contribution in [3.8, 4) is 0 Å². The minimum Gasteiger partial charge on any atom is -0.369 e. The number of halogens is 1. The van der Waals surface area contributed by atoms with Gasteiger partial charge in [0.05, 0.1) is 0 Å². The van der Waals surface area contributed by atoms with Gasteiger partial charge in [-0.2, -0.15) is 0 Å². The van der Waals surface area contributed by atoms with Crippen molar-refractivity contribution in [2.24, 2.45) is 0 Å². The molecule has 0 unspecified atom stereocenters. The van der Waals surface area contributed by atoms with Gasteiger partial charge >= 0.3 is 0 Å². The molecule has 1 N–H and O–H groups in total. The SMILES string of the molecule is CCCNc1ncnc(N2CCCN(C)CC2)c1Br. The van der Waals surface area contributed by atoms with E-state index in [2.05, 4.69) is 55.0 Å². The predicted octanol–water partition coefficient (Wildman–Crippen LogP) is 2.20. The Hall–Kier alpha value is -0.880. The standard InChI is InChI=1S/C13H22BrN5/c1-3-5-15-12-11(14)13(17-10-16-12)19-7-4-6-18(2)8-9-19/h10H,3-9H2,1-2H3,(H,15,16,17). The number of anilines is 2. The van der Waals surface area contributed by atoms with Gasteiger partial charge in [-0.1, -0.05) is 6.92 Å². The van der Waals surface area contributed by atoms with E-state index in [1.54, 1.807) is 6.33 Å². The average Bonchev–Trinajstić information content (AvgIpc) is 2.62. The van der Waals surface area contributed by atoms with Crippen LogP contribution in [-0.4, -0.2) is 54.6 Å². The van der Waals surface area contributed by atoms with Crippen LogP contribution in [0.25, 0.3) is 0 Å². The summed E-state index contributed by atoms with van der Waals surface area (Å²) >= 11 is 3.64. The Morgan fingerprint density at radius 1 is 1.26 bits per heavy atom. The Kier molecular flexibility index (Phi) is 5.39. The molecule has 1 aliphatic rings. The lowest BCUT2D eigenvalue weighted by Gasteiger charge is -2.23. The highest BCUT2D eigenvalue weighted by Crippen LogP contribution is 2.29. The van der Waals surface area contributed by atoms with E-state index >= 15 is 0 Å². The first-order chi connectivity index (χ1) is 9.22. The lowest BCUT2D eigenvalue weighted by molar-refractivity contribution is 0.360. The summed E-state index contributed by atoms with van der Waals surface area (Å²) in [6.07, 6.45) is 3.90. The third-order valence-electron chi connectivity index (χ3n) is 3.33. The van der Waals surface area contributed by atoms with Crippen molar-refractivity contribution in [1.29, 1.82) is 0 Å². The average molecular weight is 328 g/mol. The number of hydrogen-bond donors (Lipinski definition) is 1. The Morgan fingerprint density at radius 2 is 2.11 bits per heavy atom. The van der Waals surface area contributed by atoms with E-state index in [-0.39, 0.29) is 0 Å². The molecule has 2 heterocycles. The molecule has 0 aliphatic carbocycles. The van der Waals surface area contributed by atoms with Gasteiger partial charge in [0.1, 0.15) is 22.4 Å². The van der Waals surface area contributed by atoms with Crippen LogP contribution in [0.1, 0.15) is 19.8 Å². The number of likely N-dealkylation sites (N-methyl/N-ethyl adjacent to an activating group) is 1. The molecule has 0 bridgehead atoms. The monoisotopic (exact) mass is 327 g/mol. The molecular weight excluding hydrogens is 306 g/mol. The fourth-order valence-electron chi connectivity index (χ4n) is 2.21. The summed E-state index contributed by atoms with van der Waals surface area (Å²) in [6.45, 7) is 7.37. The fraction of sp³-hybridized carbons (Fsp3) is 0.692. The third-order valence-corrected chi connectivity index (χ3v) is 4.06. The van der Waals surface area contributed by atoms with Crippen molar-refractivity contribution in [3.05, 3.63) is 10.8 Å². The van der Waals surface area contributed by atoms with Crippen LogP contribution in [0, 0.1) is 0 Å². The zero-order valence-electron chi connectivity index (χ0n) is 11.7. The van der Waals surface area contributed by atoms with Gasteiger partial charge in [0.15, 0.2) is 0 Å². The molecule has 0 spiro atoms. The summed E-state index contributed by atoms with van der Waals surface area (Å²) in [7, 11) is 2.17. The van der Waals surface area contributed by atoms with Crippen LogP contribution in [0.2, 0.25) is 0 Å². The molecule has 2 rings (SSSR count). The number of aromatic nitrogens is 2. The van der Waals surface area contributed by atoms with Crippen molar-refractivity contribution >= 4 is 27.6 Å². The van der Waals surface area contributed by atoms with Gasteiger partial charge < -0.3 is 15.1 Å². The highest BCUT2D eigenvalue weighted by Gasteiger charge is 2.18. The molecule has 1 aliphatic heterocycles. The van der Waals surface area contributed by atoms with Gasteiger partial charge in [0.25, 0.3) is 0 Å². The maximum atomic E-state index is 4.45. The molecule has 1 aromatic rings. The van der Waals surface area contributed by atoms with E-state index in [0.717, 1.165) is 55.3 Å². The lowest BCUT2D eigenvalue weighted by atomic mass is 10.3. The van der Waals surface area contributed by atoms with Crippen LogP contribution in [0.5, 0.6) is 0 Å². The fourth-order valence-corrected chi connectivity index (χ4v) is 2.80. The Bertz CT molecular complexity index is 412. The van der Waals surface area contributed by atoms with Crippen LogP contribution in [0.15, 0.2) is 10.8 Å². The summed E-state index contributed by atoms with van der Waals surface area (Å²) in [5, 5.41) is 3.33. The van der Waals surface area contributed by atoms with Crippen molar-refractivity contribution in [2.45, 2.75) is 19.8 Å². The first-order valence-electron chi connectivity index (χ1n) is 6.90. The minimum atomic E-state index is 0.893. The van der Waals surface area contributed by atoms with Crippen LogP contribution < -0.4 is 10.2 Å². The normalized spacial score (nSPS) is 17.3.